The molecule has 0 bridgehead atoms. The van der Waals surface area contributed by atoms with E-state index in [4.69, 9.17) is 28.6 Å². The average molecular weight is 375 g/mol. The molecule has 0 radical (unpaired) electrons. The molecule has 0 saturated heterocycles. The van der Waals surface area contributed by atoms with Crippen molar-refractivity contribution in [3.8, 4) is 0 Å². The maximum atomic E-state index is 11.7. The summed E-state index contributed by atoms with van der Waals surface area (Å²) in [5.74, 6) is -0.478. The van der Waals surface area contributed by atoms with Gasteiger partial charge in [-0.3, -0.25) is 0 Å². The molecule has 0 unspecified atom stereocenters. The van der Waals surface area contributed by atoms with Gasteiger partial charge in [0, 0.05) is 5.69 Å². The molecular weight excluding hydrogens is 356 g/mol. The Morgan fingerprint density at radius 2 is 2.08 bits per heavy atom. The van der Waals surface area contributed by atoms with Crippen LogP contribution in [0.3, 0.4) is 0 Å². The molecule has 0 saturated carbocycles. The number of anilines is 1. The monoisotopic (exact) mass is 374 g/mol. The van der Waals surface area contributed by atoms with Crippen LogP contribution in [0.15, 0.2) is 42.5 Å². The first-order chi connectivity index (χ1) is 12.1. The number of thiocarbonyl (C=S) groups is 1. The lowest BCUT2D eigenvalue weighted by Crippen LogP contribution is -2.34. The van der Waals surface area contributed by atoms with E-state index in [0.29, 0.717) is 21.4 Å². The summed E-state index contributed by atoms with van der Waals surface area (Å²) in [5, 5.41) is 7.35. The van der Waals surface area contributed by atoms with E-state index in [1.165, 1.54) is 18.2 Å². The second kappa shape index (κ2) is 7.85. The number of aryl methyl sites for hydroxylation is 1. The standard InChI is InChI=1S/C19H19ClN2O2S/c1-24-18(23)15-11-13(9-10-16(15)20)21-19(25)22-17-8-4-6-12-5-2-3-7-14(12)17/h2-3,5,7,9-11,17H,4,6,8H2,1H3,(H2,21,22,25)/t17-/m0/s1. The topological polar surface area (TPSA) is 50.4 Å². The number of rotatable bonds is 3. The van der Waals surface area contributed by atoms with Gasteiger partial charge in [0.15, 0.2) is 5.11 Å². The highest BCUT2D eigenvalue weighted by atomic mass is 35.5. The molecule has 6 heteroatoms. The number of hydrogen-bond acceptors (Lipinski definition) is 3. The highest BCUT2D eigenvalue weighted by Crippen LogP contribution is 2.29. The van der Waals surface area contributed by atoms with Gasteiger partial charge in [-0.2, -0.15) is 0 Å². The van der Waals surface area contributed by atoms with Crippen LogP contribution in [0, 0.1) is 0 Å². The largest absolute Gasteiger partial charge is 0.465 e. The minimum Gasteiger partial charge on any atom is -0.465 e. The molecule has 0 aromatic heterocycles. The molecule has 2 N–H and O–H groups in total. The fourth-order valence-corrected chi connectivity index (χ4v) is 3.55. The van der Waals surface area contributed by atoms with Gasteiger partial charge in [-0.1, -0.05) is 35.9 Å². The van der Waals surface area contributed by atoms with Crippen LogP contribution in [0.5, 0.6) is 0 Å². The summed E-state index contributed by atoms with van der Waals surface area (Å²) in [6.45, 7) is 0. The smallest absolute Gasteiger partial charge is 0.339 e. The van der Waals surface area contributed by atoms with Crippen LogP contribution in [0.4, 0.5) is 5.69 Å². The van der Waals surface area contributed by atoms with Crippen molar-refractivity contribution in [2.45, 2.75) is 25.3 Å². The van der Waals surface area contributed by atoms with E-state index in [-0.39, 0.29) is 6.04 Å². The van der Waals surface area contributed by atoms with Gasteiger partial charge in [-0.05, 0) is 60.8 Å². The minimum absolute atomic E-state index is 0.192. The number of carbonyl (C=O) groups excluding carboxylic acids is 1. The van der Waals surface area contributed by atoms with Crippen molar-refractivity contribution in [2.75, 3.05) is 12.4 Å². The lowest BCUT2D eigenvalue weighted by molar-refractivity contribution is 0.0601. The predicted octanol–water partition coefficient (Wildman–Crippen LogP) is 4.49. The van der Waals surface area contributed by atoms with Crippen molar-refractivity contribution in [2.24, 2.45) is 0 Å². The summed E-state index contributed by atoms with van der Waals surface area (Å²) >= 11 is 11.5. The zero-order valence-corrected chi connectivity index (χ0v) is 15.4. The van der Waals surface area contributed by atoms with Gasteiger partial charge >= 0.3 is 5.97 Å². The molecule has 1 atom stereocenters. The van der Waals surface area contributed by atoms with Crippen molar-refractivity contribution in [1.29, 1.82) is 0 Å². The van der Waals surface area contributed by atoms with Crippen molar-refractivity contribution in [3.05, 3.63) is 64.2 Å². The highest BCUT2D eigenvalue weighted by molar-refractivity contribution is 7.80. The SMILES string of the molecule is COC(=O)c1cc(NC(=S)N[C@H]2CCCc3ccccc32)ccc1Cl. The lowest BCUT2D eigenvalue weighted by atomic mass is 9.88. The Bertz CT molecular complexity index is 810. The highest BCUT2D eigenvalue weighted by Gasteiger charge is 2.20. The molecule has 0 fully saturated rings. The summed E-state index contributed by atoms with van der Waals surface area (Å²) < 4.78 is 4.74. The quantitative estimate of drug-likeness (QED) is 0.612. The van der Waals surface area contributed by atoms with Crippen LogP contribution in [-0.2, 0) is 11.2 Å². The van der Waals surface area contributed by atoms with Gasteiger partial charge < -0.3 is 15.4 Å². The van der Waals surface area contributed by atoms with E-state index in [2.05, 4.69) is 34.9 Å². The third kappa shape index (κ3) is 4.11. The van der Waals surface area contributed by atoms with E-state index in [0.717, 1.165) is 19.3 Å². The Hall–Kier alpha value is -2.11. The molecule has 0 heterocycles. The summed E-state index contributed by atoms with van der Waals surface area (Å²) in [4.78, 5) is 11.7. The van der Waals surface area contributed by atoms with Crippen LogP contribution >= 0.6 is 23.8 Å². The van der Waals surface area contributed by atoms with Crippen molar-refractivity contribution < 1.29 is 9.53 Å². The third-order valence-corrected chi connectivity index (χ3v) is 4.85. The molecule has 0 aliphatic heterocycles. The van der Waals surface area contributed by atoms with Gasteiger partial charge in [-0.25, -0.2) is 4.79 Å². The number of halogens is 1. The van der Waals surface area contributed by atoms with Crippen LogP contribution in [-0.4, -0.2) is 18.2 Å². The molecule has 25 heavy (non-hydrogen) atoms. The van der Waals surface area contributed by atoms with Crippen molar-refractivity contribution in [1.82, 2.24) is 5.32 Å². The third-order valence-electron chi connectivity index (χ3n) is 4.30. The average Bonchev–Trinajstić information content (AvgIpc) is 2.63. The molecule has 0 spiro atoms. The van der Waals surface area contributed by atoms with Gasteiger partial charge in [0.05, 0.1) is 23.7 Å². The minimum atomic E-state index is -0.478. The Kier molecular flexibility index (Phi) is 5.56. The normalized spacial score (nSPS) is 15.8. The number of nitrogens with one attached hydrogen (secondary N) is 2. The first-order valence-electron chi connectivity index (χ1n) is 8.11. The van der Waals surface area contributed by atoms with Crippen LogP contribution in [0.2, 0.25) is 5.02 Å². The number of methoxy groups -OCH3 is 1. The first-order valence-corrected chi connectivity index (χ1v) is 8.90. The molecule has 2 aromatic rings. The Balaban J connectivity index is 1.71. The number of carbonyl (C=O) groups is 1. The molecule has 1 aliphatic rings. The molecular formula is C19H19ClN2O2S. The fourth-order valence-electron chi connectivity index (χ4n) is 3.10. The van der Waals surface area contributed by atoms with Gasteiger partial charge in [0.1, 0.15) is 0 Å². The number of ether oxygens (including phenoxy) is 1. The van der Waals surface area contributed by atoms with Crippen LogP contribution < -0.4 is 10.6 Å². The summed E-state index contributed by atoms with van der Waals surface area (Å²) in [6.07, 6.45) is 3.27. The zero-order valence-electron chi connectivity index (χ0n) is 13.8. The van der Waals surface area contributed by atoms with E-state index >= 15 is 0 Å². The number of fused-ring (bicyclic) bond motifs is 1. The van der Waals surface area contributed by atoms with Gasteiger partial charge in [-0.15, -0.1) is 0 Å². The van der Waals surface area contributed by atoms with Crippen molar-refractivity contribution >= 4 is 40.6 Å². The molecule has 3 rings (SSSR count). The maximum Gasteiger partial charge on any atom is 0.339 e. The molecule has 130 valence electrons. The van der Waals surface area contributed by atoms with E-state index in [1.807, 2.05) is 0 Å². The van der Waals surface area contributed by atoms with Crippen LogP contribution in [0.25, 0.3) is 0 Å². The molecule has 2 aromatic carbocycles. The first kappa shape index (κ1) is 17.7. The molecule has 0 amide bonds. The summed E-state index contributed by atoms with van der Waals surface area (Å²) in [6, 6.07) is 13.7. The lowest BCUT2D eigenvalue weighted by Gasteiger charge is -2.27. The second-order valence-electron chi connectivity index (χ2n) is 5.93. The Labute approximate surface area is 157 Å². The van der Waals surface area contributed by atoms with E-state index in [9.17, 15) is 4.79 Å². The fraction of sp³-hybridized carbons (Fsp3) is 0.263. The van der Waals surface area contributed by atoms with Crippen LogP contribution in [0.1, 0.15) is 40.4 Å². The Morgan fingerprint density at radius 1 is 1.28 bits per heavy atom. The number of hydrogen-bond donors (Lipinski definition) is 2. The number of benzene rings is 2. The maximum absolute atomic E-state index is 11.7. The number of esters is 1. The second-order valence-corrected chi connectivity index (χ2v) is 6.74. The molecule has 1 aliphatic carbocycles. The van der Waals surface area contributed by atoms with E-state index in [1.54, 1.807) is 18.2 Å². The zero-order chi connectivity index (χ0) is 17.8. The van der Waals surface area contributed by atoms with Gasteiger partial charge in [0.25, 0.3) is 0 Å². The predicted molar refractivity (Wildman–Crippen MR) is 104 cm³/mol. The van der Waals surface area contributed by atoms with Gasteiger partial charge in [0.2, 0.25) is 0 Å². The van der Waals surface area contributed by atoms with E-state index < -0.39 is 5.97 Å². The van der Waals surface area contributed by atoms with Crippen molar-refractivity contribution in [3.63, 3.8) is 0 Å². The summed E-state index contributed by atoms with van der Waals surface area (Å²) in [7, 11) is 1.32. The molecule has 4 nitrogen and oxygen atoms in total. The Morgan fingerprint density at radius 3 is 2.88 bits per heavy atom. The summed E-state index contributed by atoms with van der Waals surface area (Å²) in [5.41, 5.74) is 3.66.